The van der Waals surface area contributed by atoms with E-state index in [0.29, 0.717) is 6.04 Å². The van der Waals surface area contributed by atoms with Gasteiger partial charge in [-0.25, -0.2) is 0 Å². The molecule has 1 unspecified atom stereocenters. The lowest BCUT2D eigenvalue weighted by molar-refractivity contribution is 0.358. The second-order valence-corrected chi connectivity index (χ2v) is 3.62. The Kier molecular flexibility index (Phi) is 6.73. The number of nitrogens with zero attached hydrogens (tertiary/aromatic N) is 2. The molecule has 0 bridgehead atoms. The highest BCUT2D eigenvalue weighted by atomic mass is 35.5. The fourth-order valence-corrected chi connectivity index (χ4v) is 2.00. The Bertz CT molecular complexity index is 272. The third kappa shape index (κ3) is 3.56. The zero-order valence-electron chi connectivity index (χ0n) is 8.71. The van der Waals surface area contributed by atoms with Crippen molar-refractivity contribution in [2.24, 2.45) is 0 Å². The molecule has 1 aliphatic heterocycles. The normalized spacial score (nSPS) is 20.4. The number of likely N-dealkylation sites (tertiary alicyclic amines) is 1. The van der Waals surface area contributed by atoms with Crippen molar-refractivity contribution < 1.29 is 0 Å². The molecule has 1 aromatic heterocycles. The first-order chi connectivity index (χ1) is 6.40. The third-order valence-corrected chi connectivity index (χ3v) is 2.68. The molecule has 0 aliphatic carbocycles. The van der Waals surface area contributed by atoms with E-state index in [9.17, 15) is 0 Å². The maximum atomic E-state index is 3.76. The lowest BCUT2D eigenvalue weighted by Crippen LogP contribution is -2.21. The van der Waals surface area contributed by atoms with Crippen LogP contribution in [0.15, 0.2) is 37.2 Å². The van der Waals surface area contributed by atoms with Crippen molar-refractivity contribution in [3.05, 3.63) is 37.2 Å². The minimum atomic E-state index is 0. The standard InChI is InChI=1S/C11H16N2.2ClH/c1-2-6-12-9-5-11(10-12)13-7-3-4-8-13;;/h2-4,7-8,11H,1,5-6,9-10H2;2*1H. The Labute approximate surface area is 104 Å². The van der Waals surface area contributed by atoms with Gasteiger partial charge in [0.2, 0.25) is 0 Å². The van der Waals surface area contributed by atoms with Gasteiger partial charge in [-0.3, -0.25) is 4.90 Å². The van der Waals surface area contributed by atoms with Crippen molar-refractivity contribution in [3.63, 3.8) is 0 Å². The van der Waals surface area contributed by atoms with Gasteiger partial charge < -0.3 is 4.57 Å². The predicted octanol–water partition coefficient (Wildman–Crippen LogP) is 2.76. The average Bonchev–Trinajstić information content (AvgIpc) is 2.70. The molecule has 1 aliphatic rings. The number of aromatic nitrogens is 1. The summed E-state index contributed by atoms with van der Waals surface area (Å²) >= 11 is 0. The lowest BCUT2D eigenvalue weighted by Gasteiger charge is -2.14. The summed E-state index contributed by atoms with van der Waals surface area (Å²) in [6, 6.07) is 4.86. The number of halogens is 2. The van der Waals surface area contributed by atoms with E-state index in [1.54, 1.807) is 0 Å². The lowest BCUT2D eigenvalue weighted by atomic mass is 10.3. The van der Waals surface area contributed by atoms with E-state index in [-0.39, 0.29) is 24.8 Å². The molecule has 4 heteroatoms. The van der Waals surface area contributed by atoms with Crippen molar-refractivity contribution in [2.75, 3.05) is 19.6 Å². The predicted molar refractivity (Wildman–Crippen MR) is 69.2 cm³/mol. The number of hydrogen-bond donors (Lipinski definition) is 0. The molecule has 1 fully saturated rings. The van der Waals surface area contributed by atoms with Crippen LogP contribution in [-0.2, 0) is 0 Å². The van der Waals surface area contributed by atoms with Gasteiger partial charge in [-0.2, -0.15) is 0 Å². The molecule has 0 N–H and O–H groups in total. The van der Waals surface area contributed by atoms with Crippen LogP contribution in [0.3, 0.4) is 0 Å². The zero-order valence-corrected chi connectivity index (χ0v) is 10.3. The van der Waals surface area contributed by atoms with Crippen LogP contribution in [0, 0.1) is 0 Å². The number of hydrogen-bond acceptors (Lipinski definition) is 1. The van der Waals surface area contributed by atoms with Crippen molar-refractivity contribution in [1.82, 2.24) is 9.47 Å². The average molecular weight is 249 g/mol. The van der Waals surface area contributed by atoms with Crippen LogP contribution in [0.2, 0.25) is 0 Å². The molecular weight excluding hydrogens is 231 g/mol. The molecule has 15 heavy (non-hydrogen) atoms. The van der Waals surface area contributed by atoms with Crippen LogP contribution >= 0.6 is 24.8 Å². The summed E-state index contributed by atoms with van der Waals surface area (Å²) in [5.41, 5.74) is 0. The van der Waals surface area contributed by atoms with Gasteiger partial charge in [0.25, 0.3) is 0 Å². The number of rotatable bonds is 3. The summed E-state index contributed by atoms with van der Waals surface area (Å²) < 4.78 is 2.31. The van der Waals surface area contributed by atoms with E-state index in [1.165, 1.54) is 19.5 Å². The Hall–Kier alpha value is -0.440. The summed E-state index contributed by atoms with van der Waals surface area (Å²) in [5.74, 6) is 0. The quantitative estimate of drug-likeness (QED) is 0.748. The van der Waals surface area contributed by atoms with Gasteiger partial charge in [0.1, 0.15) is 0 Å². The fourth-order valence-electron chi connectivity index (χ4n) is 2.00. The molecule has 0 aromatic carbocycles. The van der Waals surface area contributed by atoms with Gasteiger partial charge in [-0.05, 0) is 18.6 Å². The van der Waals surface area contributed by atoms with Crippen LogP contribution < -0.4 is 0 Å². The Morgan fingerprint density at radius 2 is 1.93 bits per heavy atom. The first-order valence-corrected chi connectivity index (χ1v) is 4.86. The highest BCUT2D eigenvalue weighted by molar-refractivity contribution is 5.85. The van der Waals surface area contributed by atoms with E-state index in [2.05, 4.69) is 40.6 Å². The zero-order chi connectivity index (χ0) is 9.10. The van der Waals surface area contributed by atoms with Crippen LogP contribution in [0.1, 0.15) is 12.5 Å². The molecular formula is C11H18Cl2N2. The largest absolute Gasteiger partial charge is 0.350 e. The highest BCUT2D eigenvalue weighted by Gasteiger charge is 2.21. The van der Waals surface area contributed by atoms with Gasteiger partial charge in [-0.1, -0.05) is 6.08 Å². The molecule has 0 amide bonds. The van der Waals surface area contributed by atoms with Gasteiger partial charge in [-0.15, -0.1) is 31.4 Å². The van der Waals surface area contributed by atoms with Crippen LogP contribution in [0.4, 0.5) is 0 Å². The molecule has 2 heterocycles. The van der Waals surface area contributed by atoms with Crippen molar-refractivity contribution in [1.29, 1.82) is 0 Å². The van der Waals surface area contributed by atoms with Crippen LogP contribution in [0.25, 0.3) is 0 Å². The Morgan fingerprint density at radius 3 is 2.53 bits per heavy atom. The molecule has 2 nitrogen and oxygen atoms in total. The second-order valence-electron chi connectivity index (χ2n) is 3.62. The van der Waals surface area contributed by atoms with Crippen molar-refractivity contribution in [2.45, 2.75) is 12.5 Å². The molecule has 0 radical (unpaired) electrons. The maximum Gasteiger partial charge on any atom is 0.0470 e. The molecule has 2 rings (SSSR count). The van der Waals surface area contributed by atoms with E-state index in [4.69, 9.17) is 0 Å². The summed E-state index contributed by atoms with van der Waals surface area (Å²) in [6.45, 7) is 7.16. The van der Waals surface area contributed by atoms with Crippen LogP contribution in [-0.4, -0.2) is 29.1 Å². The molecule has 0 spiro atoms. The topological polar surface area (TPSA) is 8.17 Å². The van der Waals surface area contributed by atoms with Gasteiger partial charge in [0.15, 0.2) is 0 Å². The van der Waals surface area contributed by atoms with Gasteiger partial charge >= 0.3 is 0 Å². The minimum Gasteiger partial charge on any atom is -0.350 e. The highest BCUT2D eigenvalue weighted by Crippen LogP contribution is 2.20. The monoisotopic (exact) mass is 248 g/mol. The van der Waals surface area contributed by atoms with E-state index in [0.717, 1.165) is 6.54 Å². The molecule has 1 aromatic rings. The Morgan fingerprint density at radius 1 is 1.27 bits per heavy atom. The van der Waals surface area contributed by atoms with Crippen molar-refractivity contribution >= 4 is 24.8 Å². The van der Waals surface area contributed by atoms with Gasteiger partial charge in [0.05, 0.1) is 0 Å². The molecule has 86 valence electrons. The summed E-state index contributed by atoms with van der Waals surface area (Å²) in [5, 5.41) is 0. The molecule has 1 atom stereocenters. The summed E-state index contributed by atoms with van der Waals surface area (Å²) in [4.78, 5) is 2.44. The fraction of sp³-hybridized carbons (Fsp3) is 0.455. The van der Waals surface area contributed by atoms with E-state index >= 15 is 0 Å². The first-order valence-electron chi connectivity index (χ1n) is 4.86. The van der Waals surface area contributed by atoms with Crippen molar-refractivity contribution in [3.8, 4) is 0 Å². The minimum absolute atomic E-state index is 0. The SMILES string of the molecule is C=CCN1CCC(n2cccc2)C1.Cl.Cl. The first kappa shape index (κ1) is 14.6. The van der Waals surface area contributed by atoms with E-state index < -0.39 is 0 Å². The van der Waals surface area contributed by atoms with Crippen LogP contribution in [0.5, 0.6) is 0 Å². The Balaban J connectivity index is 0.000000980. The summed E-state index contributed by atoms with van der Waals surface area (Å²) in [6.07, 6.45) is 7.56. The second kappa shape index (κ2) is 6.94. The third-order valence-electron chi connectivity index (χ3n) is 2.68. The smallest absolute Gasteiger partial charge is 0.0470 e. The summed E-state index contributed by atoms with van der Waals surface area (Å²) in [7, 11) is 0. The van der Waals surface area contributed by atoms with Gasteiger partial charge in [0, 0.05) is 38.1 Å². The molecule has 0 saturated carbocycles. The maximum absolute atomic E-state index is 3.76. The molecule has 1 saturated heterocycles. The van der Waals surface area contributed by atoms with E-state index in [1.807, 2.05) is 6.08 Å².